The third kappa shape index (κ3) is 4.06. The number of hydrogen-bond donors (Lipinski definition) is 0. The van der Waals surface area contributed by atoms with Crippen LogP contribution in [0.2, 0.25) is 0 Å². The standard InChI is InChI=1S/C15H19IN2O2S/c1-15(2,3)21(19,20)8-7-18-11-13(10-17-18)12-5-4-6-14(16)9-12/h4-6,9-11H,7-8H2,1-3H3. The second kappa shape index (κ2) is 6.08. The summed E-state index contributed by atoms with van der Waals surface area (Å²) in [6.07, 6.45) is 3.67. The fourth-order valence-corrected chi connectivity index (χ4v) is 3.41. The average molecular weight is 418 g/mol. The largest absolute Gasteiger partial charge is 0.271 e. The van der Waals surface area contributed by atoms with Gasteiger partial charge in [-0.25, -0.2) is 8.42 Å². The molecule has 0 amide bonds. The molecular weight excluding hydrogens is 399 g/mol. The lowest BCUT2D eigenvalue weighted by atomic mass is 10.1. The molecular formula is C15H19IN2O2S. The van der Waals surface area contributed by atoms with Gasteiger partial charge in [0.1, 0.15) is 0 Å². The van der Waals surface area contributed by atoms with Gasteiger partial charge in [0.15, 0.2) is 9.84 Å². The maximum atomic E-state index is 12.1. The van der Waals surface area contributed by atoms with E-state index in [1.54, 1.807) is 31.6 Å². The lowest BCUT2D eigenvalue weighted by Gasteiger charge is -2.18. The van der Waals surface area contributed by atoms with Crippen LogP contribution >= 0.6 is 22.6 Å². The van der Waals surface area contributed by atoms with E-state index in [9.17, 15) is 8.42 Å². The highest BCUT2D eigenvalue weighted by atomic mass is 127. The molecule has 0 aliphatic carbocycles. The van der Waals surface area contributed by atoms with Crippen molar-refractivity contribution in [3.8, 4) is 11.1 Å². The monoisotopic (exact) mass is 418 g/mol. The van der Waals surface area contributed by atoms with E-state index in [1.165, 1.54) is 0 Å². The Labute approximate surface area is 139 Å². The first-order valence-electron chi connectivity index (χ1n) is 6.70. The van der Waals surface area contributed by atoms with Crippen LogP contribution in [0.25, 0.3) is 11.1 Å². The first-order chi connectivity index (χ1) is 9.69. The molecule has 0 unspecified atom stereocenters. The summed E-state index contributed by atoms with van der Waals surface area (Å²) in [6.45, 7) is 5.55. The molecule has 0 aliphatic rings. The summed E-state index contributed by atoms with van der Waals surface area (Å²) in [5.41, 5.74) is 2.09. The number of hydrogen-bond acceptors (Lipinski definition) is 3. The van der Waals surface area contributed by atoms with E-state index >= 15 is 0 Å². The molecule has 1 aromatic heterocycles. The Balaban J connectivity index is 2.12. The third-order valence-electron chi connectivity index (χ3n) is 3.31. The van der Waals surface area contributed by atoms with E-state index in [0.717, 1.165) is 14.7 Å². The Morgan fingerprint density at radius 1 is 1.24 bits per heavy atom. The number of benzene rings is 1. The summed E-state index contributed by atoms with van der Waals surface area (Å²) < 4.78 is 26.3. The van der Waals surface area contributed by atoms with Crippen LogP contribution in [0.15, 0.2) is 36.7 Å². The summed E-state index contributed by atoms with van der Waals surface area (Å²) in [5.74, 6) is 0.101. The minimum atomic E-state index is -3.12. The predicted octanol–water partition coefficient (Wildman–Crippen LogP) is 3.37. The van der Waals surface area contributed by atoms with Gasteiger partial charge in [0.05, 0.1) is 23.2 Å². The van der Waals surface area contributed by atoms with Gasteiger partial charge in [0.2, 0.25) is 0 Å². The van der Waals surface area contributed by atoms with E-state index in [2.05, 4.69) is 33.8 Å². The van der Waals surface area contributed by atoms with E-state index in [0.29, 0.717) is 6.54 Å². The van der Waals surface area contributed by atoms with E-state index in [1.807, 2.05) is 24.4 Å². The number of nitrogens with zero attached hydrogens (tertiary/aromatic N) is 2. The zero-order valence-electron chi connectivity index (χ0n) is 12.4. The van der Waals surface area contributed by atoms with Gasteiger partial charge in [-0.1, -0.05) is 12.1 Å². The van der Waals surface area contributed by atoms with Crippen LogP contribution in [-0.4, -0.2) is 28.7 Å². The Morgan fingerprint density at radius 2 is 1.95 bits per heavy atom. The highest BCUT2D eigenvalue weighted by Crippen LogP contribution is 2.21. The van der Waals surface area contributed by atoms with Gasteiger partial charge in [-0.15, -0.1) is 0 Å². The van der Waals surface area contributed by atoms with Crippen LogP contribution in [0.4, 0.5) is 0 Å². The summed E-state index contributed by atoms with van der Waals surface area (Å²) in [4.78, 5) is 0. The van der Waals surface area contributed by atoms with Crippen LogP contribution in [0.3, 0.4) is 0 Å². The molecule has 0 N–H and O–H groups in total. The Hall–Kier alpha value is -0.890. The zero-order chi connectivity index (χ0) is 15.7. The normalized spacial score (nSPS) is 12.6. The van der Waals surface area contributed by atoms with Gasteiger partial charge in [0.25, 0.3) is 0 Å². The summed E-state index contributed by atoms with van der Waals surface area (Å²) >= 11 is 2.27. The molecule has 0 atom stereocenters. The molecule has 4 nitrogen and oxygen atoms in total. The van der Waals surface area contributed by atoms with Gasteiger partial charge in [-0.3, -0.25) is 4.68 Å². The molecule has 6 heteroatoms. The van der Waals surface area contributed by atoms with Crippen molar-refractivity contribution in [2.75, 3.05) is 5.75 Å². The first kappa shape index (κ1) is 16.5. The van der Waals surface area contributed by atoms with Crippen LogP contribution in [-0.2, 0) is 16.4 Å². The van der Waals surface area contributed by atoms with Crippen molar-refractivity contribution < 1.29 is 8.42 Å². The smallest absolute Gasteiger partial charge is 0.157 e. The molecule has 2 aromatic rings. The fourth-order valence-electron chi connectivity index (χ4n) is 1.82. The van der Waals surface area contributed by atoms with Crippen LogP contribution in [0.5, 0.6) is 0 Å². The molecule has 0 saturated carbocycles. The van der Waals surface area contributed by atoms with E-state index < -0.39 is 14.6 Å². The zero-order valence-corrected chi connectivity index (χ0v) is 15.3. The van der Waals surface area contributed by atoms with Gasteiger partial charge in [-0.05, 0) is 61.1 Å². The quantitative estimate of drug-likeness (QED) is 0.716. The number of aromatic nitrogens is 2. The van der Waals surface area contributed by atoms with Crippen molar-refractivity contribution in [1.82, 2.24) is 9.78 Å². The van der Waals surface area contributed by atoms with Crippen molar-refractivity contribution in [3.05, 3.63) is 40.2 Å². The SMILES string of the molecule is CC(C)(C)S(=O)(=O)CCn1cc(-c2cccc(I)c2)cn1. The molecule has 1 aromatic carbocycles. The lowest BCUT2D eigenvalue weighted by Crippen LogP contribution is -2.32. The lowest BCUT2D eigenvalue weighted by molar-refractivity contribution is 0.548. The minimum Gasteiger partial charge on any atom is -0.271 e. The number of sulfone groups is 1. The van der Waals surface area contributed by atoms with E-state index in [-0.39, 0.29) is 5.75 Å². The highest BCUT2D eigenvalue weighted by molar-refractivity contribution is 14.1. The molecule has 0 fully saturated rings. The van der Waals surface area contributed by atoms with Gasteiger partial charge < -0.3 is 0 Å². The predicted molar refractivity (Wildman–Crippen MR) is 93.9 cm³/mol. The Morgan fingerprint density at radius 3 is 2.57 bits per heavy atom. The second-order valence-corrected chi connectivity index (χ2v) is 10.0. The molecule has 2 rings (SSSR count). The van der Waals surface area contributed by atoms with Crippen LogP contribution in [0.1, 0.15) is 20.8 Å². The molecule has 21 heavy (non-hydrogen) atoms. The molecule has 0 radical (unpaired) electrons. The van der Waals surface area contributed by atoms with Crippen molar-refractivity contribution in [2.45, 2.75) is 32.1 Å². The Bertz CT molecular complexity index is 730. The number of halogens is 1. The molecule has 1 heterocycles. The summed E-state index contributed by atoms with van der Waals surface area (Å²) in [6, 6.07) is 8.13. The van der Waals surface area contributed by atoms with Gasteiger partial charge in [-0.2, -0.15) is 5.10 Å². The average Bonchev–Trinajstić information content (AvgIpc) is 2.84. The summed E-state index contributed by atoms with van der Waals surface area (Å²) in [7, 11) is -3.12. The number of aryl methyl sites for hydroxylation is 1. The van der Waals surface area contributed by atoms with Gasteiger partial charge in [0, 0.05) is 15.3 Å². The van der Waals surface area contributed by atoms with Crippen molar-refractivity contribution in [3.63, 3.8) is 0 Å². The molecule has 0 aliphatic heterocycles. The molecule has 114 valence electrons. The number of rotatable bonds is 4. The first-order valence-corrected chi connectivity index (χ1v) is 9.43. The van der Waals surface area contributed by atoms with Crippen molar-refractivity contribution in [2.24, 2.45) is 0 Å². The third-order valence-corrected chi connectivity index (χ3v) is 6.57. The summed E-state index contributed by atoms with van der Waals surface area (Å²) in [5, 5.41) is 4.26. The topological polar surface area (TPSA) is 52.0 Å². The second-order valence-electron chi connectivity index (χ2n) is 5.93. The molecule has 0 spiro atoms. The van der Waals surface area contributed by atoms with Crippen LogP contribution in [0, 0.1) is 3.57 Å². The maximum absolute atomic E-state index is 12.1. The minimum absolute atomic E-state index is 0.101. The van der Waals surface area contributed by atoms with Crippen molar-refractivity contribution in [1.29, 1.82) is 0 Å². The van der Waals surface area contributed by atoms with Gasteiger partial charge >= 0.3 is 0 Å². The molecule has 0 saturated heterocycles. The van der Waals surface area contributed by atoms with E-state index in [4.69, 9.17) is 0 Å². The maximum Gasteiger partial charge on any atom is 0.157 e. The van der Waals surface area contributed by atoms with Crippen LogP contribution < -0.4 is 0 Å². The van der Waals surface area contributed by atoms with Crippen molar-refractivity contribution >= 4 is 32.4 Å². The Kier molecular flexibility index (Phi) is 4.77. The molecule has 0 bridgehead atoms. The highest BCUT2D eigenvalue weighted by Gasteiger charge is 2.28. The fraction of sp³-hybridized carbons (Fsp3) is 0.400.